The van der Waals surface area contributed by atoms with Crippen LogP contribution < -0.4 is 10.6 Å². The quantitative estimate of drug-likeness (QED) is 0.851. The number of carbonyl (C=O) groups excluding carboxylic acids is 1. The second-order valence-electron chi connectivity index (χ2n) is 3.90. The summed E-state index contributed by atoms with van der Waals surface area (Å²) in [6.45, 7) is 2.54. The van der Waals surface area contributed by atoms with E-state index in [1.165, 1.54) is 18.3 Å². The van der Waals surface area contributed by atoms with Crippen LogP contribution in [0.2, 0.25) is 5.15 Å². The molecule has 0 saturated carbocycles. The first kappa shape index (κ1) is 14.2. The minimum atomic E-state index is -0.604. The molecule has 0 aromatic carbocycles. The molecular weight excluding hydrogens is 283 g/mol. The summed E-state index contributed by atoms with van der Waals surface area (Å²) in [6, 6.07) is 4.34. The molecule has 0 fully saturated rings. The van der Waals surface area contributed by atoms with E-state index in [1.54, 1.807) is 6.07 Å². The maximum absolute atomic E-state index is 13.4. The van der Waals surface area contributed by atoms with Gasteiger partial charge in [0, 0.05) is 18.3 Å². The van der Waals surface area contributed by atoms with E-state index < -0.39 is 11.7 Å². The monoisotopic (exact) mass is 294 g/mol. The van der Waals surface area contributed by atoms with E-state index in [0.29, 0.717) is 12.4 Å². The molecule has 0 saturated heterocycles. The van der Waals surface area contributed by atoms with Gasteiger partial charge in [0.25, 0.3) is 5.91 Å². The Labute approximate surface area is 120 Å². The first-order valence-electron chi connectivity index (χ1n) is 5.92. The van der Waals surface area contributed by atoms with Gasteiger partial charge in [-0.25, -0.2) is 9.37 Å². The van der Waals surface area contributed by atoms with Crippen molar-refractivity contribution in [2.24, 2.45) is 0 Å². The van der Waals surface area contributed by atoms with Crippen molar-refractivity contribution in [1.29, 1.82) is 0 Å². The third kappa shape index (κ3) is 3.42. The molecule has 0 aliphatic rings. The third-order valence-corrected chi connectivity index (χ3v) is 2.63. The molecule has 0 bridgehead atoms. The van der Waals surface area contributed by atoms with Gasteiger partial charge in [-0.05, 0) is 25.1 Å². The van der Waals surface area contributed by atoms with E-state index in [9.17, 15) is 9.18 Å². The van der Waals surface area contributed by atoms with E-state index in [2.05, 4.69) is 20.6 Å². The average molecular weight is 295 g/mol. The molecule has 0 spiro atoms. The molecule has 5 nitrogen and oxygen atoms in total. The van der Waals surface area contributed by atoms with Crippen molar-refractivity contribution in [3.05, 3.63) is 47.1 Å². The lowest BCUT2D eigenvalue weighted by atomic mass is 10.2. The second kappa shape index (κ2) is 6.29. The van der Waals surface area contributed by atoms with Gasteiger partial charge in [0.05, 0.1) is 11.9 Å². The van der Waals surface area contributed by atoms with Crippen molar-refractivity contribution in [2.75, 3.05) is 17.2 Å². The van der Waals surface area contributed by atoms with E-state index in [1.807, 2.05) is 6.92 Å². The number of amides is 1. The second-order valence-corrected chi connectivity index (χ2v) is 4.29. The zero-order chi connectivity index (χ0) is 14.5. The molecule has 104 valence electrons. The zero-order valence-corrected chi connectivity index (χ0v) is 11.4. The normalized spacial score (nSPS) is 10.2. The molecule has 2 aromatic heterocycles. The molecule has 0 aliphatic heterocycles. The Balaban J connectivity index is 2.23. The Bertz CT molecular complexity index is 636. The standard InChI is InChI=1S/C13H12ClFN4O/c1-2-17-12-6-8(5-11(14)19-12)13(20)18-10-3-4-16-7-9(10)15/h3-7H,2H2,1H3,(H,17,19)(H,16,18,20). The largest absolute Gasteiger partial charge is 0.370 e. The van der Waals surface area contributed by atoms with Crippen LogP contribution in [-0.2, 0) is 0 Å². The Hall–Kier alpha value is -2.21. The topological polar surface area (TPSA) is 66.9 Å². The van der Waals surface area contributed by atoms with Crippen molar-refractivity contribution in [2.45, 2.75) is 6.92 Å². The van der Waals surface area contributed by atoms with Crippen LogP contribution in [0.5, 0.6) is 0 Å². The molecule has 2 rings (SSSR count). The molecule has 0 atom stereocenters. The summed E-state index contributed by atoms with van der Waals surface area (Å²) in [4.78, 5) is 19.7. The van der Waals surface area contributed by atoms with Crippen LogP contribution in [0, 0.1) is 5.82 Å². The highest BCUT2D eigenvalue weighted by Gasteiger charge is 2.11. The van der Waals surface area contributed by atoms with Gasteiger partial charge in [0.2, 0.25) is 0 Å². The lowest BCUT2D eigenvalue weighted by Crippen LogP contribution is -2.14. The van der Waals surface area contributed by atoms with Crippen molar-refractivity contribution >= 4 is 29.0 Å². The number of anilines is 2. The SMILES string of the molecule is CCNc1cc(C(=O)Nc2ccncc2F)cc(Cl)n1. The summed E-state index contributed by atoms with van der Waals surface area (Å²) >= 11 is 5.85. The predicted octanol–water partition coefficient (Wildman–Crippen LogP) is 2.95. The van der Waals surface area contributed by atoms with E-state index in [0.717, 1.165) is 6.20 Å². The Morgan fingerprint density at radius 1 is 1.45 bits per heavy atom. The number of pyridine rings is 2. The van der Waals surface area contributed by atoms with E-state index in [-0.39, 0.29) is 16.4 Å². The van der Waals surface area contributed by atoms with Crippen LogP contribution in [0.15, 0.2) is 30.6 Å². The maximum Gasteiger partial charge on any atom is 0.255 e. The summed E-state index contributed by atoms with van der Waals surface area (Å²) < 4.78 is 13.4. The molecular formula is C13H12ClFN4O. The summed E-state index contributed by atoms with van der Waals surface area (Å²) in [5, 5.41) is 5.60. The molecule has 2 aromatic rings. The van der Waals surface area contributed by atoms with Gasteiger partial charge in [-0.1, -0.05) is 11.6 Å². The first-order valence-corrected chi connectivity index (χ1v) is 6.30. The van der Waals surface area contributed by atoms with Crippen molar-refractivity contribution in [1.82, 2.24) is 9.97 Å². The van der Waals surface area contributed by atoms with Crippen LogP contribution in [0.1, 0.15) is 17.3 Å². The fraction of sp³-hybridized carbons (Fsp3) is 0.154. The zero-order valence-electron chi connectivity index (χ0n) is 10.7. The van der Waals surface area contributed by atoms with Gasteiger partial charge in [-0.2, -0.15) is 0 Å². The smallest absolute Gasteiger partial charge is 0.255 e. The minimum Gasteiger partial charge on any atom is -0.370 e. The number of halogens is 2. The number of nitrogens with one attached hydrogen (secondary N) is 2. The van der Waals surface area contributed by atoms with E-state index >= 15 is 0 Å². The fourth-order valence-electron chi connectivity index (χ4n) is 1.57. The Morgan fingerprint density at radius 3 is 2.95 bits per heavy atom. The molecule has 2 heterocycles. The van der Waals surface area contributed by atoms with Gasteiger partial charge in [0.1, 0.15) is 11.0 Å². The van der Waals surface area contributed by atoms with E-state index in [4.69, 9.17) is 11.6 Å². The molecule has 2 N–H and O–H groups in total. The molecule has 20 heavy (non-hydrogen) atoms. The number of hydrogen-bond acceptors (Lipinski definition) is 4. The number of hydrogen-bond donors (Lipinski definition) is 2. The molecule has 7 heteroatoms. The summed E-state index contributed by atoms with van der Waals surface area (Å²) in [7, 11) is 0. The summed E-state index contributed by atoms with van der Waals surface area (Å²) in [5.74, 6) is -0.591. The molecule has 0 aliphatic carbocycles. The Morgan fingerprint density at radius 2 is 2.25 bits per heavy atom. The fourth-order valence-corrected chi connectivity index (χ4v) is 1.78. The number of rotatable bonds is 4. The van der Waals surface area contributed by atoms with Gasteiger partial charge < -0.3 is 10.6 Å². The van der Waals surface area contributed by atoms with Gasteiger partial charge in [0.15, 0.2) is 5.82 Å². The summed E-state index contributed by atoms with van der Waals surface area (Å²) in [6.07, 6.45) is 2.42. The first-order chi connectivity index (χ1) is 9.60. The van der Waals surface area contributed by atoms with Gasteiger partial charge in [-0.3, -0.25) is 9.78 Å². The maximum atomic E-state index is 13.4. The number of aromatic nitrogens is 2. The van der Waals surface area contributed by atoms with Gasteiger partial charge >= 0.3 is 0 Å². The van der Waals surface area contributed by atoms with Gasteiger partial charge in [-0.15, -0.1) is 0 Å². The third-order valence-electron chi connectivity index (χ3n) is 2.43. The lowest BCUT2D eigenvalue weighted by molar-refractivity contribution is 0.102. The Kier molecular flexibility index (Phi) is 4.47. The highest BCUT2D eigenvalue weighted by molar-refractivity contribution is 6.30. The van der Waals surface area contributed by atoms with Crippen molar-refractivity contribution in [3.63, 3.8) is 0 Å². The van der Waals surface area contributed by atoms with Crippen molar-refractivity contribution in [3.8, 4) is 0 Å². The predicted molar refractivity (Wildman–Crippen MR) is 75.6 cm³/mol. The minimum absolute atomic E-state index is 0.0583. The molecule has 0 unspecified atom stereocenters. The average Bonchev–Trinajstić information content (AvgIpc) is 2.41. The number of carbonyl (C=O) groups is 1. The molecule has 1 amide bonds. The molecule has 0 radical (unpaired) electrons. The summed E-state index contributed by atoms with van der Waals surface area (Å²) in [5.41, 5.74) is 0.347. The van der Waals surface area contributed by atoms with Crippen LogP contribution in [0.25, 0.3) is 0 Å². The van der Waals surface area contributed by atoms with Crippen molar-refractivity contribution < 1.29 is 9.18 Å². The van der Waals surface area contributed by atoms with Crippen LogP contribution >= 0.6 is 11.6 Å². The van der Waals surface area contributed by atoms with Crippen LogP contribution in [0.4, 0.5) is 15.9 Å². The lowest BCUT2D eigenvalue weighted by Gasteiger charge is -2.08. The van der Waals surface area contributed by atoms with Crippen LogP contribution in [0.3, 0.4) is 0 Å². The highest BCUT2D eigenvalue weighted by atomic mass is 35.5. The highest BCUT2D eigenvalue weighted by Crippen LogP contribution is 2.17. The number of nitrogens with zero attached hydrogens (tertiary/aromatic N) is 2. The van der Waals surface area contributed by atoms with Crippen LogP contribution in [-0.4, -0.2) is 22.4 Å².